The third kappa shape index (κ3) is 7.41. The zero-order valence-corrected chi connectivity index (χ0v) is 22.9. The highest BCUT2D eigenvalue weighted by atomic mass is 32.2. The van der Waals surface area contributed by atoms with Gasteiger partial charge in [0.2, 0.25) is 11.8 Å². The van der Waals surface area contributed by atoms with Crippen LogP contribution in [-0.2, 0) is 26.0 Å². The van der Waals surface area contributed by atoms with Crippen LogP contribution in [0.25, 0.3) is 0 Å². The fourth-order valence-corrected chi connectivity index (χ4v) is 5.37. The van der Waals surface area contributed by atoms with E-state index in [4.69, 9.17) is 0 Å². The van der Waals surface area contributed by atoms with E-state index < -0.39 is 39.9 Å². The molecule has 0 heterocycles. The topological polar surface area (TPSA) is 86.8 Å². The van der Waals surface area contributed by atoms with Crippen molar-refractivity contribution in [2.75, 3.05) is 17.4 Å². The Labute approximate surface area is 224 Å². The van der Waals surface area contributed by atoms with Crippen LogP contribution in [0, 0.1) is 5.82 Å². The fourth-order valence-electron chi connectivity index (χ4n) is 3.93. The molecule has 3 aromatic rings. The van der Waals surface area contributed by atoms with Crippen molar-refractivity contribution in [3.05, 3.63) is 96.3 Å². The first kappa shape index (κ1) is 28.8. The predicted octanol–water partition coefficient (Wildman–Crippen LogP) is 4.40. The molecule has 0 radical (unpaired) electrons. The van der Waals surface area contributed by atoms with Crippen molar-refractivity contribution < 1.29 is 22.4 Å². The van der Waals surface area contributed by atoms with Crippen molar-refractivity contribution in [3.63, 3.8) is 0 Å². The minimum Gasteiger partial charge on any atom is -0.350 e. The molecule has 2 amide bonds. The van der Waals surface area contributed by atoms with Gasteiger partial charge < -0.3 is 10.2 Å². The summed E-state index contributed by atoms with van der Waals surface area (Å²) in [4.78, 5) is 28.1. The number of nitrogens with zero attached hydrogens (tertiary/aromatic N) is 2. The molecule has 0 saturated carbocycles. The average molecular weight is 540 g/mol. The van der Waals surface area contributed by atoms with Gasteiger partial charge in [0.05, 0.1) is 10.6 Å². The molecule has 0 aliphatic heterocycles. The summed E-state index contributed by atoms with van der Waals surface area (Å²) in [5.74, 6) is -1.78. The highest BCUT2D eigenvalue weighted by Crippen LogP contribution is 2.26. The first-order chi connectivity index (χ1) is 17.9. The van der Waals surface area contributed by atoms with Crippen LogP contribution >= 0.6 is 0 Å². The number of halogens is 1. The van der Waals surface area contributed by atoms with Gasteiger partial charge >= 0.3 is 0 Å². The van der Waals surface area contributed by atoms with Gasteiger partial charge in [0.1, 0.15) is 18.4 Å². The second-order valence-corrected chi connectivity index (χ2v) is 11.9. The Morgan fingerprint density at radius 1 is 0.895 bits per heavy atom. The maximum absolute atomic E-state index is 14.9. The van der Waals surface area contributed by atoms with Crippen molar-refractivity contribution in [3.8, 4) is 0 Å². The first-order valence-corrected chi connectivity index (χ1v) is 13.8. The number of benzene rings is 3. The second kappa shape index (κ2) is 12.2. The van der Waals surface area contributed by atoms with E-state index in [-0.39, 0.29) is 23.0 Å². The van der Waals surface area contributed by atoms with Crippen molar-refractivity contribution in [1.82, 2.24) is 10.2 Å². The molecule has 1 N–H and O–H groups in total. The van der Waals surface area contributed by atoms with Crippen LogP contribution in [-0.4, -0.2) is 49.8 Å². The number of rotatable bonds is 10. The van der Waals surface area contributed by atoms with Crippen LogP contribution in [0.1, 0.15) is 33.3 Å². The van der Waals surface area contributed by atoms with Gasteiger partial charge in [0.15, 0.2) is 0 Å². The Morgan fingerprint density at radius 2 is 1.45 bits per heavy atom. The maximum Gasteiger partial charge on any atom is 0.264 e. The summed E-state index contributed by atoms with van der Waals surface area (Å²) < 4.78 is 42.9. The van der Waals surface area contributed by atoms with Gasteiger partial charge in [-0.2, -0.15) is 0 Å². The summed E-state index contributed by atoms with van der Waals surface area (Å²) in [6.07, 6.45) is 0.449. The lowest BCUT2D eigenvalue weighted by Crippen LogP contribution is -2.55. The second-order valence-electron chi connectivity index (χ2n) is 10.0. The smallest absolute Gasteiger partial charge is 0.264 e. The first-order valence-electron chi connectivity index (χ1n) is 12.4. The number of para-hydroxylation sites is 1. The minimum absolute atomic E-state index is 0.0783. The standard InChI is InChI=1S/C29H34FN3O4S/c1-22(28(35)31-29(2,3)4)32(20-19-23-13-7-5-8-14-23)27(34)21-33(26-18-12-11-17-25(26)30)38(36,37)24-15-9-6-10-16-24/h5-18,22H,19-21H2,1-4H3,(H,31,35)/t22-/m1/s1. The van der Waals surface area contributed by atoms with Gasteiger partial charge in [-0.15, -0.1) is 0 Å². The molecule has 0 unspecified atom stereocenters. The molecule has 9 heteroatoms. The number of anilines is 1. The van der Waals surface area contributed by atoms with Crippen LogP contribution in [0.5, 0.6) is 0 Å². The van der Waals surface area contributed by atoms with Gasteiger partial charge in [0, 0.05) is 12.1 Å². The number of sulfonamides is 1. The van der Waals surface area contributed by atoms with E-state index in [1.165, 1.54) is 35.2 Å². The molecule has 0 spiro atoms. The Morgan fingerprint density at radius 3 is 2.03 bits per heavy atom. The third-order valence-corrected chi connectivity index (χ3v) is 7.65. The third-order valence-electron chi connectivity index (χ3n) is 5.88. The molecule has 7 nitrogen and oxygen atoms in total. The van der Waals surface area contributed by atoms with Crippen LogP contribution in [0.2, 0.25) is 0 Å². The molecular formula is C29H34FN3O4S. The molecule has 0 fully saturated rings. The quantitative estimate of drug-likeness (QED) is 0.414. The lowest BCUT2D eigenvalue weighted by molar-refractivity contribution is -0.139. The maximum atomic E-state index is 14.9. The molecule has 38 heavy (non-hydrogen) atoms. The van der Waals surface area contributed by atoms with Crippen LogP contribution < -0.4 is 9.62 Å². The highest BCUT2D eigenvalue weighted by molar-refractivity contribution is 7.92. The molecular weight excluding hydrogens is 505 g/mol. The Kier molecular flexibility index (Phi) is 9.27. The molecule has 3 rings (SSSR count). The van der Waals surface area contributed by atoms with Gasteiger partial charge in [-0.05, 0) is 63.9 Å². The molecule has 0 saturated heterocycles. The fraction of sp³-hybridized carbons (Fsp3) is 0.310. The molecule has 0 aliphatic carbocycles. The van der Waals surface area contributed by atoms with E-state index in [0.29, 0.717) is 6.42 Å². The molecule has 1 atom stereocenters. The molecule has 0 aliphatic rings. The number of carbonyl (C=O) groups is 2. The molecule has 0 aromatic heterocycles. The summed E-state index contributed by atoms with van der Waals surface area (Å²) in [6.45, 7) is 6.58. The van der Waals surface area contributed by atoms with Crippen LogP contribution in [0.3, 0.4) is 0 Å². The van der Waals surface area contributed by atoms with E-state index in [1.54, 1.807) is 25.1 Å². The lowest BCUT2D eigenvalue weighted by atomic mass is 10.1. The summed E-state index contributed by atoms with van der Waals surface area (Å²) >= 11 is 0. The zero-order chi connectivity index (χ0) is 27.9. The van der Waals surface area contributed by atoms with Crippen LogP contribution in [0.15, 0.2) is 89.8 Å². The van der Waals surface area contributed by atoms with E-state index in [2.05, 4.69) is 5.32 Å². The Bertz CT molecular complexity index is 1340. The number of nitrogens with one attached hydrogen (secondary N) is 1. The number of hydrogen-bond acceptors (Lipinski definition) is 4. The average Bonchev–Trinajstić information content (AvgIpc) is 2.88. The summed E-state index contributed by atoms with van der Waals surface area (Å²) in [7, 11) is -4.30. The SMILES string of the molecule is C[C@H](C(=O)NC(C)(C)C)N(CCc1ccccc1)C(=O)CN(c1ccccc1F)S(=O)(=O)c1ccccc1. The molecule has 0 bridgehead atoms. The number of carbonyl (C=O) groups excluding carboxylic acids is 2. The summed E-state index contributed by atoms with van der Waals surface area (Å²) in [5, 5.41) is 2.88. The monoisotopic (exact) mass is 539 g/mol. The van der Waals surface area contributed by atoms with Crippen LogP contribution in [0.4, 0.5) is 10.1 Å². The molecule has 3 aromatic carbocycles. The largest absolute Gasteiger partial charge is 0.350 e. The normalized spacial score (nSPS) is 12.4. The highest BCUT2D eigenvalue weighted by Gasteiger charge is 2.34. The van der Waals surface area contributed by atoms with Crippen molar-refractivity contribution in [2.24, 2.45) is 0 Å². The van der Waals surface area contributed by atoms with Crippen molar-refractivity contribution in [1.29, 1.82) is 0 Å². The molecule has 202 valence electrons. The van der Waals surface area contributed by atoms with Gasteiger partial charge in [0.25, 0.3) is 10.0 Å². The van der Waals surface area contributed by atoms with E-state index in [9.17, 15) is 22.4 Å². The van der Waals surface area contributed by atoms with Gasteiger partial charge in [-0.25, -0.2) is 12.8 Å². The zero-order valence-electron chi connectivity index (χ0n) is 22.1. The predicted molar refractivity (Wildman–Crippen MR) is 147 cm³/mol. The summed E-state index contributed by atoms with van der Waals surface area (Å²) in [5.41, 5.74) is 0.172. The van der Waals surface area contributed by atoms with E-state index >= 15 is 0 Å². The van der Waals surface area contributed by atoms with E-state index in [0.717, 1.165) is 15.9 Å². The Hall–Kier alpha value is -3.72. The summed E-state index contributed by atoms with van der Waals surface area (Å²) in [6, 6.07) is 21.5. The number of hydrogen-bond donors (Lipinski definition) is 1. The van der Waals surface area contributed by atoms with E-state index in [1.807, 2.05) is 51.1 Å². The van der Waals surface area contributed by atoms with Crippen molar-refractivity contribution in [2.45, 2.75) is 50.6 Å². The van der Waals surface area contributed by atoms with Gasteiger partial charge in [-0.3, -0.25) is 13.9 Å². The lowest BCUT2D eigenvalue weighted by Gasteiger charge is -2.33. The minimum atomic E-state index is -4.30. The van der Waals surface area contributed by atoms with Crippen molar-refractivity contribution >= 4 is 27.5 Å². The van der Waals surface area contributed by atoms with Gasteiger partial charge in [-0.1, -0.05) is 60.7 Å². The Balaban J connectivity index is 1.98. The number of amides is 2.